The molecule has 196 valence electrons. The fourth-order valence-electron chi connectivity index (χ4n) is 5.47. The largest absolute Gasteiger partial charge is 0.429 e. The van der Waals surface area contributed by atoms with Crippen LogP contribution in [-0.2, 0) is 0 Å². The van der Waals surface area contributed by atoms with Gasteiger partial charge in [0.25, 0.3) is 5.60 Å². The molecule has 0 saturated heterocycles. The number of fused-ring (bicyclic) bond motifs is 1. The van der Waals surface area contributed by atoms with Crippen molar-refractivity contribution in [3.8, 4) is 0 Å². The lowest BCUT2D eigenvalue weighted by Gasteiger charge is -2.33. The summed E-state index contributed by atoms with van der Waals surface area (Å²) in [7, 11) is 0. The van der Waals surface area contributed by atoms with Crippen molar-refractivity contribution >= 4 is 0 Å². The second-order valence-electron chi connectivity index (χ2n) is 9.91. The summed E-state index contributed by atoms with van der Waals surface area (Å²) in [6, 6.07) is 0. The van der Waals surface area contributed by atoms with Crippen LogP contribution in [0.3, 0.4) is 0 Å². The molecule has 0 aliphatic heterocycles. The quantitative estimate of drug-likeness (QED) is 0.312. The predicted octanol–water partition coefficient (Wildman–Crippen LogP) is 6.10. The van der Waals surface area contributed by atoms with Gasteiger partial charge in [0, 0.05) is 6.42 Å². The molecule has 2 unspecified atom stereocenters. The minimum absolute atomic E-state index is 0.0534. The zero-order valence-electron chi connectivity index (χ0n) is 19.5. The molecule has 3 N–H and O–H groups in total. The first-order valence-electron chi connectivity index (χ1n) is 11.8. The molecule has 0 amide bonds. The van der Waals surface area contributed by atoms with Crippen LogP contribution in [0.25, 0.3) is 0 Å². The van der Waals surface area contributed by atoms with E-state index in [1.54, 1.807) is 6.92 Å². The van der Waals surface area contributed by atoms with E-state index in [0.717, 1.165) is 42.9 Å². The van der Waals surface area contributed by atoms with Gasteiger partial charge in [-0.15, -0.1) is 0 Å². The van der Waals surface area contributed by atoms with Crippen LogP contribution in [0.1, 0.15) is 51.9 Å². The summed E-state index contributed by atoms with van der Waals surface area (Å²) >= 11 is 0. The number of alkyl halides is 6. The minimum atomic E-state index is -5.87. The molecule has 0 bridgehead atoms. The Hall–Kier alpha value is -1.84. The topological polar surface area (TPSA) is 60.7 Å². The summed E-state index contributed by atoms with van der Waals surface area (Å²) in [5, 5.41) is 29.3. The monoisotopic (exact) mass is 506 g/mol. The number of rotatable bonds is 5. The molecular formula is C26H32F6O3. The summed E-state index contributed by atoms with van der Waals surface area (Å²) in [6.07, 6.45) is -2.56. The van der Waals surface area contributed by atoms with Crippen LogP contribution >= 0.6 is 0 Å². The van der Waals surface area contributed by atoms with Crippen molar-refractivity contribution in [2.75, 3.05) is 0 Å². The number of aliphatic hydroxyl groups excluding tert-OH is 2. The third-order valence-electron chi connectivity index (χ3n) is 7.52. The van der Waals surface area contributed by atoms with Gasteiger partial charge >= 0.3 is 12.4 Å². The van der Waals surface area contributed by atoms with Gasteiger partial charge in [0.1, 0.15) is 0 Å². The van der Waals surface area contributed by atoms with Crippen LogP contribution in [0.2, 0.25) is 0 Å². The lowest BCUT2D eigenvalue weighted by molar-refractivity contribution is -0.347. The number of allylic oxidation sites excluding steroid dienone is 6. The maximum absolute atomic E-state index is 12.9. The molecule has 3 rings (SSSR count). The van der Waals surface area contributed by atoms with Crippen molar-refractivity contribution in [1.82, 2.24) is 0 Å². The Morgan fingerprint density at radius 3 is 2.37 bits per heavy atom. The standard InChI is InChI=1S/C26H32F6O3/c1-15(5-4-12-24(35,25(27,28)29)26(30,31)32)20-10-11-21-17(6-3-7-22(20)21)8-9-18-13-19(33)14-23(34)16(18)2/h4,8-10,12,15,19,21-23,33-35H,2-3,5-7,11,13-14H2,1H3/b12-4+,17-8+,18-9-/t15-,19-,21+,22?,23?/m1/s1. The Morgan fingerprint density at radius 1 is 1.09 bits per heavy atom. The molecule has 0 heterocycles. The van der Waals surface area contributed by atoms with E-state index in [4.69, 9.17) is 0 Å². The highest BCUT2D eigenvalue weighted by Gasteiger charge is 2.68. The molecule has 3 nitrogen and oxygen atoms in total. The van der Waals surface area contributed by atoms with Crippen LogP contribution < -0.4 is 0 Å². The summed E-state index contributed by atoms with van der Waals surface area (Å²) in [4.78, 5) is 0. The molecule has 0 spiro atoms. The van der Waals surface area contributed by atoms with Crippen LogP contribution in [-0.4, -0.2) is 45.5 Å². The van der Waals surface area contributed by atoms with E-state index in [0.29, 0.717) is 12.0 Å². The Bertz CT molecular complexity index is 910. The fraction of sp³-hybridized carbons (Fsp3) is 0.615. The molecule has 0 aromatic carbocycles. The van der Waals surface area contributed by atoms with Gasteiger partial charge in [0.2, 0.25) is 0 Å². The molecule has 3 aliphatic rings. The number of hydrogen-bond acceptors (Lipinski definition) is 3. The average molecular weight is 507 g/mol. The first-order valence-corrected chi connectivity index (χ1v) is 11.8. The highest BCUT2D eigenvalue weighted by Crippen LogP contribution is 2.49. The van der Waals surface area contributed by atoms with Gasteiger partial charge in [0.15, 0.2) is 0 Å². The third-order valence-corrected chi connectivity index (χ3v) is 7.52. The molecule has 2 fully saturated rings. The lowest BCUT2D eigenvalue weighted by Crippen LogP contribution is -2.55. The normalized spacial score (nSPS) is 31.8. The maximum atomic E-state index is 12.9. The van der Waals surface area contributed by atoms with Gasteiger partial charge < -0.3 is 15.3 Å². The van der Waals surface area contributed by atoms with E-state index in [1.165, 1.54) is 5.57 Å². The first kappa shape index (κ1) is 27.7. The summed E-state index contributed by atoms with van der Waals surface area (Å²) < 4.78 is 77.3. The Labute approximate surface area is 201 Å². The molecule has 3 aliphatic carbocycles. The molecule has 0 radical (unpaired) electrons. The Balaban J connectivity index is 1.70. The molecule has 5 atom stereocenters. The number of aliphatic hydroxyl groups is 3. The molecule has 0 aromatic rings. The molecule has 35 heavy (non-hydrogen) atoms. The van der Waals surface area contributed by atoms with Crippen molar-refractivity contribution < 1.29 is 41.7 Å². The fourth-order valence-corrected chi connectivity index (χ4v) is 5.47. The zero-order chi connectivity index (χ0) is 26.2. The smallest absolute Gasteiger partial charge is 0.393 e. The predicted molar refractivity (Wildman–Crippen MR) is 120 cm³/mol. The van der Waals surface area contributed by atoms with Crippen LogP contribution in [0, 0.1) is 17.8 Å². The van der Waals surface area contributed by atoms with Crippen molar-refractivity contribution in [2.24, 2.45) is 17.8 Å². The van der Waals surface area contributed by atoms with Gasteiger partial charge in [-0.05, 0) is 73.5 Å². The minimum Gasteiger partial charge on any atom is -0.393 e. The van der Waals surface area contributed by atoms with Crippen LogP contribution in [0.5, 0.6) is 0 Å². The van der Waals surface area contributed by atoms with Gasteiger partial charge in [0.05, 0.1) is 12.2 Å². The first-order chi connectivity index (χ1) is 16.2. The van der Waals surface area contributed by atoms with Gasteiger partial charge in [-0.3, -0.25) is 0 Å². The molecule has 2 saturated carbocycles. The van der Waals surface area contributed by atoms with Crippen molar-refractivity contribution in [1.29, 1.82) is 0 Å². The summed E-state index contributed by atoms with van der Waals surface area (Å²) in [6.45, 7) is 5.69. The van der Waals surface area contributed by atoms with E-state index in [1.807, 2.05) is 18.2 Å². The SMILES string of the molecule is C=C1/C(=C\C=C2/CCCC3C([C@H](C)C/C=C/C(O)(C(F)(F)F)C(F)(F)F)=CC[C@@H]23)C[C@@H](O)CC1O. The Morgan fingerprint density at radius 2 is 1.74 bits per heavy atom. The van der Waals surface area contributed by atoms with Crippen molar-refractivity contribution in [3.05, 3.63) is 59.3 Å². The van der Waals surface area contributed by atoms with E-state index in [2.05, 4.69) is 6.58 Å². The van der Waals surface area contributed by atoms with E-state index >= 15 is 0 Å². The molecule has 0 aromatic heterocycles. The van der Waals surface area contributed by atoms with E-state index in [9.17, 15) is 41.7 Å². The highest BCUT2D eigenvalue weighted by atomic mass is 19.4. The lowest BCUT2D eigenvalue weighted by atomic mass is 9.72. The van der Waals surface area contributed by atoms with Crippen molar-refractivity contribution in [2.45, 2.75) is 82.0 Å². The second kappa shape index (κ2) is 10.3. The van der Waals surface area contributed by atoms with Crippen molar-refractivity contribution in [3.63, 3.8) is 0 Å². The Kier molecular flexibility index (Phi) is 8.13. The van der Waals surface area contributed by atoms with Crippen LogP contribution in [0.4, 0.5) is 26.3 Å². The molecular weight excluding hydrogens is 474 g/mol. The number of hydrogen-bond donors (Lipinski definition) is 3. The summed E-state index contributed by atoms with van der Waals surface area (Å²) in [5.41, 5.74) is -1.24. The third kappa shape index (κ3) is 5.78. The van der Waals surface area contributed by atoms with E-state index in [-0.39, 0.29) is 36.7 Å². The van der Waals surface area contributed by atoms with Gasteiger partial charge in [-0.25, -0.2) is 0 Å². The maximum Gasteiger partial charge on any atom is 0.429 e. The highest BCUT2D eigenvalue weighted by molar-refractivity contribution is 5.39. The summed E-state index contributed by atoms with van der Waals surface area (Å²) in [5.74, 6) is 0.0933. The van der Waals surface area contributed by atoms with Crippen LogP contribution in [0.15, 0.2) is 59.3 Å². The van der Waals surface area contributed by atoms with Gasteiger partial charge in [-0.1, -0.05) is 49.0 Å². The average Bonchev–Trinajstić information content (AvgIpc) is 3.18. The zero-order valence-corrected chi connectivity index (χ0v) is 19.5. The second-order valence-corrected chi connectivity index (χ2v) is 9.91. The van der Waals surface area contributed by atoms with E-state index < -0.39 is 30.2 Å². The van der Waals surface area contributed by atoms with Gasteiger partial charge in [-0.2, -0.15) is 26.3 Å². The molecule has 9 heteroatoms. The number of halogens is 6.